The topological polar surface area (TPSA) is 53.4 Å². The molecule has 1 aliphatic rings. The molecular weight excluding hydrogens is 346 g/mol. The smallest absolute Gasteiger partial charge is 0.231 e. The molecule has 0 aliphatic carbocycles. The van der Waals surface area contributed by atoms with Gasteiger partial charge in [-0.2, -0.15) is 0 Å². The molecule has 2 aromatic carbocycles. The first-order valence-electron chi connectivity index (χ1n) is 7.55. The molecule has 0 radical (unpaired) electrons. The third-order valence-corrected chi connectivity index (χ3v) is 5.11. The molecule has 1 aliphatic heterocycles. The Morgan fingerprint density at radius 2 is 2.00 bits per heavy atom. The van der Waals surface area contributed by atoms with Gasteiger partial charge in [-0.3, -0.25) is 4.79 Å². The molecule has 0 unspecified atom stereocenters. The number of aromatic hydroxyl groups is 1. The molecule has 0 saturated carbocycles. The molecule has 0 fully saturated rings. The van der Waals surface area contributed by atoms with Crippen molar-refractivity contribution < 1.29 is 18.7 Å². The van der Waals surface area contributed by atoms with Crippen molar-refractivity contribution in [2.24, 2.45) is 0 Å². The fourth-order valence-corrected chi connectivity index (χ4v) is 3.78. The average molecular weight is 358 g/mol. The summed E-state index contributed by atoms with van der Waals surface area (Å²) in [5.41, 5.74) is 1.88. The largest absolute Gasteiger partial charge is 0.503 e. The Labute approximate surface area is 146 Å². The number of para-hydroxylation sites is 1. The summed E-state index contributed by atoms with van der Waals surface area (Å²) in [6.45, 7) is 0.336. The van der Waals surface area contributed by atoms with Gasteiger partial charge in [0.1, 0.15) is 5.01 Å². The lowest BCUT2D eigenvalue weighted by Crippen LogP contribution is -2.25. The van der Waals surface area contributed by atoms with Gasteiger partial charge in [0.2, 0.25) is 5.91 Å². The van der Waals surface area contributed by atoms with Crippen molar-refractivity contribution in [2.45, 2.75) is 13.0 Å². The number of thiazole rings is 1. The van der Waals surface area contributed by atoms with Crippen LogP contribution in [0.4, 0.5) is 14.5 Å². The van der Waals surface area contributed by atoms with Crippen molar-refractivity contribution in [1.29, 1.82) is 0 Å². The summed E-state index contributed by atoms with van der Waals surface area (Å²) in [4.78, 5) is 18.8. The molecule has 0 saturated heterocycles. The van der Waals surface area contributed by atoms with Crippen molar-refractivity contribution in [3.05, 3.63) is 64.7 Å². The predicted octanol–water partition coefficient (Wildman–Crippen LogP) is 3.88. The van der Waals surface area contributed by atoms with E-state index in [1.54, 1.807) is 11.1 Å². The molecule has 3 aromatic rings. The highest BCUT2D eigenvalue weighted by molar-refractivity contribution is 7.15. The van der Waals surface area contributed by atoms with Gasteiger partial charge >= 0.3 is 0 Å². The minimum Gasteiger partial charge on any atom is -0.503 e. The summed E-state index contributed by atoms with van der Waals surface area (Å²) in [7, 11) is 0. The highest BCUT2D eigenvalue weighted by Gasteiger charge is 2.27. The van der Waals surface area contributed by atoms with Gasteiger partial charge in [-0.1, -0.05) is 18.2 Å². The summed E-state index contributed by atoms with van der Waals surface area (Å²) >= 11 is 1.20. The standard InChI is InChI=1S/C18H12F2N2O2S/c19-13-6-5-12(16(20)17(13)24)18-21-8-11(25-18)9-22-14-4-2-1-3-10(14)7-15(22)23/h1-6,8,24H,7,9H2. The lowest BCUT2D eigenvalue weighted by molar-refractivity contribution is -0.117. The van der Waals surface area contributed by atoms with Crippen molar-refractivity contribution in [3.63, 3.8) is 0 Å². The molecule has 1 amide bonds. The summed E-state index contributed by atoms with van der Waals surface area (Å²) in [5.74, 6) is -3.07. The summed E-state index contributed by atoms with van der Waals surface area (Å²) < 4.78 is 27.2. The van der Waals surface area contributed by atoms with E-state index in [4.69, 9.17) is 0 Å². The molecule has 1 aromatic heterocycles. The van der Waals surface area contributed by atoms with Crippen LogP contribution in [0.3, 0.4) is 0 Å². The number of aromatic nitrogens is 1. The minimum atomic E-state index is -1.04. The molecule has 0 bridgehead atoms. The van der Waals surface area contributed by atoms with Crippen LogP contribution in [0.1, 0.15) is 10.4 Å². The summed E-state index contributed by atoms with van der Waals surface area (Å²) in [5, 5.41) is 9.72. The van der Waals surface area contributed by atoms with E-state index in [0.717, 1.165) is 22.2 Å². The van der Waals surface area contributed by atoms with Gasteiger partial charge in [0, 0.05) is 16.8 Å². The number of benzene rings is 2. The Balaban J connectivity index is 1.63. The van der Waals surface area contributed by atoms with Crippen LogP contribution in [0, 0.1) is 11.6 Å². The first kappa shape index (κ1) is 15.7. The number of halogens is 2. The maximum absolute atomic E-state index is 14.0. The van der Waals surface area contributed by atoms with Crippen LogP contribution < -0.4 is 4.90 Å². The lowest BCUT2D eigenvalue weighted by atomic mass is 10.2. The SMILES string of the molecule is O=C1Cc2ccccc2N1Cc1cnc(-c2ccc(F)c(O)c2F)s1. The van der Waals surface area contributed by atoms with E-state index in [1.807, 2.05) is 24.3 Å². The zero-order valence-corrected chi connectivity index (χ0v) is 13.7. The van der Waals surface area contributed by atoms with Gasteiger partial charge in [-0.15, -0.1) is 11.3 Å². The highest BCUT2D eigenvalue weighted by atomic mass is 32.1. The third kappa shape index (κ3) is 2.66. The van der Waals surface area contributed by atoms with Gasteiger partial charge < -0.3 is 10.0 Å². The van der Waals surface area contributed by atoms with Crippen molar-refractivity contribution in [1.82, 2.24) is 4.98 Å². The van der Waals surface area contributed by atoms with Crippen molar-refractivity contribution in [2.75, 3.05) is 4.90 Å². The van der Waals surface area contributed by atoms with Gasteiger partial charge in [0.15, 0.2) is 17.4 Å². The van der Waals surface area contributed by atoms with Gasteiger partial charge in [0.05, 0.1) is 18.5 Å². The Hall–Kier alpha value is -2.80. The van der Waals surface area contributed by atoms with Crippen LogP contribution in [0.15, 0.2) is 42.6 Å². The van der Waals surface area contributed by atoms with Gasteiger partial charge in [-0.05, 0) is 23.8 Å². The fraction of sp³-hybridized carbons (Fsp3) is 0.111. The second kappa shape index (κ2) is 5.93. The van der Waals surface area contributed by atoms with Crippen LogP contribution >= 0.6 is 11.3 Å². The summed E-state index contributed by atoms with van der Waals surface area (Å²) in [6, 6.07) is 9.81. The molecule has 0 spiro atoms. The molecule has 126 valence electrons. The highest BCUT2D eigenvalue weighted by Crippen LogP contribution is 2.35. The minimum absolute atomic E-state index is 0.00163. The first-order valence-corrected chi connectivity index (χ1v) is 8.36. The summed E-state index contributed by atoms with van der Waals surface area (Å²) in [6.07, 6.45) is 1.93. The predicted molar refractivity (Wildman–Crippen MR) is 90.5 cm³/mol. The number of carbonyl (C=O) groups is 1. The van der Waals surface area contributed by atoms with Crippen molar-refractivity contribution in [3.8, 4) is 16.3 Å². The van der Waals surface area contributed by atoms with E-state index in [9.17, 15) is 18.7 Å². The normalized spacial score (nSPS) is 13.4. The van der Waals surface area contributed by atoms with E-state index in [2.05, 4.69) is 4.98 Å². The number of fused-ring (bicyclic) bond motifs is 1. The van der Waals surface area contributed by atoms with Crippen LogP contribution in [-0.2, 0) is 17.8 Å². The van der Waals surface area contributed by atoms with Crippen LogP contribution in [0.5, 0.6) is 5.75 Å². The quantitative estimate of drug-likeness (QED) is 0.773. The second-order valence-electron chi connectivity index (χ2n) is 5.67. The number of phenolic OH excluding ortho intramolecular Hbond substituents is 1. The first-order chi connectivity index (χ1) is 12.0. The molecule has 4 rings (SSSR count). The molecule has 7 heteroatoms. The third-order valence-electron chi connectivity index (χ3n) is 4.09. The number of hydrogen-bond acceptors (Lipinski definition) is 4. The van der Waals surface area contributed by atoms with Crippen LogP contribution in [0.25, 0.3) is 10.6 Å². The maximum Gasteiger partial charge on any atom is 0.231 e. The Bertz CT molecular complexity index is 987. The molecule has 1 N–H and O–H groups in total. The van der Waals surface area contributed by atoms with Crippen LogP contribution in [0.2, 0.25) is 0 Å². The zero-order valence-electron chi connectivity index (χ0n) is 12.9. The zero-order chi connectivity index (χ0) is 17.6. The molecular formula is C18H12F2N2O2S. The number of nitrogens with zero attached hydrogens (tertiary/aromatic N) is 2. The number of phenols is 1. The van der Waals surface area contributed by atoms with E-state index in [0.29, 0.717) is 18.0 Å². The Kier molecular flexibility index (Phi) is 3.73. The number of amides is 1. The van der Waals surface area contributed by atoms with Crippen molar-refractivity contribution >= 4 is 22.9 Å². The van der Waals surface area contributed by atoms with Gasteiger partial charge in [0.25, 0.3) is 0 Å². The van der Waals surface area contributed by atoms with Crippen LogP contribution in [-0.4, -0.2) is 16.0 Å². The van der Waals surface area contributed by atoms with Gasteiger partial charge in [-0.25, -0.2) is 13.8 Å². The number of rotatable bonds is 3. The van der Waals surface area contributed by atoms with E-state index >= 15 is 0 Å². The number of carbonyl (C=O) groups excluding carboxylic acids is 1. The Morgan fingerprint density at radius 1 is 1.20 bits per heavy atom. The Morgan fingerprint density at radius 3 is 2.84 bits per heavy atom. The molecule has 0 atom stereocenters. The monoisotopic (exact) mass is 358 g/mol. The molecule has 4 nitrogen and oxygen atoms in total. The number of hydrogen-bond donors (Lipinski definition) is 1. The fourth-order valence-electron chi connectivity index (χ4n) is 2.86. The lowest BCUT2D eigenvalue weighted by Gasteiger charge is -2.15. The van der Waals surface area contributed by atoms with E-state index in [1.165, 1.54) is 17.4 Å². The number of anilines is 1. The van der Waals surface area contributed by atoms with E-state index < -0.39 is 17.4 Å². The molecule has 25 heavy (non-hydrogen) atoms. The molecule has 2 heterocycles. The maximum atomic E-state index is 14.0. The van der Waals surface area contributed by atoms with E-state index in [-0.39, 0.29) is 11.5 Å². The average Bonchev–Trinajstić information content (AvgIpc) is 3.18. The second-order valence-corrected chi connectivity index (χ2v) is 6.79.